The lowest BCUT2D eigenvalue weighted by Gasteiger charge is -2.32. The molecule has 3 rings (SSSR count). The third-order valence-corrected chi connectivity index (χ3v) is 7.60. The normalized spacial score (nSPS) is 17.1. The molecule has 2 aromatic rings. The molecule has 0 unspecified atom stereocenters. The molecular weight excluding hydrogens is 446 g/mol. The number of H-pyrrole nitrogens is 1. The van der Waals surface area contributed by atoms with Crippen molar-refractivity contribution in [2.24, 2.45) is 0 Å². The first-order valence-electron chi connectivity index (χ1n) is 11.1. The second-order valence-electron chi connectivity index (χ2n) is 8.17. The number of anilines is 3. The van der Waals surface area contributed by atoms with Gasteiger partial charge in [-0.3, -0.25) is 19.1 Å². The standard InChI is InChI=1S/C22H31N5O5S/c1-3-5-12-26-20(23)19(21(29)24-22(26)30)25(4-2)14-18(28)27(16-9-7-6-8-10-16)17-11-13-33(31,32)15-17/h6-10,17H,3-5,11-15,23H2,1-2H3,(H,24,29,30)/t17-/m0/s1. The van der Waals surface area contributed by atoms with Crippen molar-refractivity contribution in [2.75, 3.05) is 40.1 Å². The van der Waals surface area contributed by atoms with Crippen LogP contribution in [0.4, 0.5) is 17.2 Å². The number of nitrogens with one attached hydrogen (secondary N) is 1. The molecule has 2 heterocycles. The number of aromatic nitrogens is 2. The summed E-state index contributed by atoms with van der Waals surface area (Å²) in [6.07, 6.45) is 1.89. The van der Waals surface area contributed by atoms with Crippen LogP contribution in [-0.4, -0.2) is 54.5 Å². The Labute approximate surface area is 192 Å². The third-order valence-electron chi connectivity index (χ3n) is 5.85. The smallest absolute Gasteiger partial charge is 0.330 e. The van der Waals surface area contributed by atoms with E-state index in [-0.39, 0.29) is 42.0 Å². The van der Waals surface area contributed by atoms with E-state index in [0.717, 1.165) is 6.42 Å². The van der Waals surface area contributed by atoms with Gasteiger partial charge in [-0.15, -0.1) is 0 Å². The molecule has 1 amide bonds. The number of unbranched alkanes of at least 4 members (excludes halogenated alkanes) is 1. The minimum absolute atomic E-state index is 0.0153. The number of amides is 1. The second kappa shape index (κ2) is 10.2. The van der Waals surface area contributed by atoms with Crippen molar-refractivity contribution in [3.05, 3.63) is 51.2 Å². The Morgan fingerprint density at radius 3 is 2.48 bits per heavy atom. The van der Waals surface area contributed by atoms with Gasteiger partial charge in [0.05, 0.1) is 24.1 Å². The number of aromatic amines is 1. The number of para-hydroxylation sites is 1. The summed E-state index contributed by atoms with van der Waals surface area (Å²) in [5, 5.41) is 0. The molecule has 1 atom stereocenters. The van der Waals surface area contributed by atoms with Gasteiger partial charge in [-0.1, -0.05) is 31.5 Å². The summed E-state index contributed by atoms with van der Waals surface area (Å²) in [7, 11) is -3.22. The summed E-state index contributed by atoms with van der Waals surface area (Å²) in [6.45, 7) is 4.21. The number of carbonyl (C=O) groups excluding carboxylic acids is 1. The molecule has 1 aliphatic rings. The van der Waals surface area contributed by atoms with Crippen LogP contribution in [0.15, 0.2) is 39.9 Å². The molecule has 10 nitrogen and oxygen atoms in total. The molecule has 0 bridgehead atoms. The van der Waals surface area contributed by atoms with Crippen LogP contribution in [0.5, 0.6) is 0 Å². The SMILES string of the molecule is CCCCn1c(N)c(N(CC)CC(=O)N(c2ccccc2)[C@H]2CCS(=O)(=O)C2)c(=O)[nH]c1=O. The minimum atomic E-state index is -3.22. The highest BCUT2D eigenvalue weighted by Crippen LogP contribution is 2.25. The maximum atomic E-state index is 13.5. The molecule has 1 aliphatic heterocycles. The molecule has 0 aliphatic carbocycles. The highest BCUT2D eigenvalue weighted by atomic mass is 32.2. The van der Waals surface area contributed by atoms with Crippen LogP contribution >= 0.6 is 0 Å². The molecule has 0 radical (unpaired) electrons. The lowest BCUT2D eigenvalue weighted by molar-refractivity contribution is -0.117. The first-order valence-corrected chi connectivity index (χ1v) is 13.0. The first kappa shape index (κ1) is 24.6. The van der Waals surface area contributed by atoms with Gasteiger partial charge in [0.1, 0.15) is 11.5 Å². The van der Waals surface area contributed by atoms with Crippen LogP contribution in [0.1, 0.15) is 33.1 Å². The second-order valence-corrected chi connectivity index (χ2v) is 10.4. The molecule has 1 fully saturated rings. The number of rotatable bonds is 9. The van der Waals surface area contributed by atoms with E-state index < -0.39 is 27.1 Å². The number of nitrogens with zero attached hydrogens (tertiary/aromatic N) is 3. The van der Waals surface area contributed by atoms with E-state index in [4.69, 9.17) is 5.73 Å². The number of hydrogen-bond donors (Lipinski definition) is 2. The number of nitrogens with two attached hydrogens (primary N) is 1. The zero-order valence-electron chi connectivity index (χ0n) is 19.0. The molecule has 1 aromatic heterocycles. The van der Waals surface area contributed by atoms with Crippen molar-refractivity contribution in [3.63, 3.8) is 0 Å². The fraction of sp³-hybridized carbons (Fsp3) is 0.500. The van der Waals surface area contributed by atoms with E-state index in [1.165, 1.54) is 14.4 Å². The van der Waals surface area contributed by atoms with Crippen LogP contribution in [0.25, 0.3) is 0 Å². The fourth-order valence-corrected chi connectivity index (χ4v) is 5.84. The number of nitrogen functional groups attached to an aromatic ring is 1. The van der Waals surface area contributed by atoms with Crippen LogP contribution < -0.4 is 26.8 Å². The molecule has 1 saturated heterocycles. The van der Waals surface area contributed by atoms with Gasteiger partial charge in [0, 0.05) is 18.8 Å². The van der Waals surface area contributed by atoms with Gasteiger partial charge < -0.3 is 15.5 Å². The number of likely N-dealkylation sites (N-methyl/N-ethyl adjacent to an activating group) is 1. The van der Waals surface area contributed by atoms with Gasteiger partial charge in [0.25, 0.3) is 5.56 Å². The van der Waals surface area contributed by atoms with E-state index in [2.05, 4.69) is 4.98 Å². The number of carbonyl (C=O) groups is 1. The first-order chi connectivity index (χ1) is 15.7. The Morgan fingerprint density at radius 1 is 1.21 bits per heavy atom. The fourth-order valence-electron chi connectivity index (χ4n) is 4.14. The Hall–Kier alpha value is -3.08. The predicted octanol–water partition coefficient (Wildman–Crippen LogP) is 0.966. The van der Waals surface area contributed by atoms with Gasteiger partial charge in [-0.05, 0) is 31.9 Å². The van der Waals surface area contributed by atoms with Gasteiger partial charge in [0.15, 0.2) is 9.84 Å². The third kappa shape index (κ3) is 5.47. The molecule has 3 N–H and O–H groups in total. The quantitative estimate of drug-likeness (QED) is 0.548. The summed E-state index contributed by atoms with van der Waals surface area (Å²) in [5.41, 5.74) is 5.63. The lowest BCUT2D eigenvalue weighted by atomic mass is 10.1. The van der Waals surface area contributed by atoms with Crippen LogP contribution in [-0.2, 0) is 21.2 Å². The molecule has 180 valence electrons. The topological polar surface area (TPSA) is 139 Å². The van der Waals surface area contributed by atoms with Crippen molar-refractivity contribution < 1.29 is 13.2 Å². The van der Waals surface area contributed by atoms with Crippen molar-refractivity contribution in [3.8, 4) is 0 Å². The highest BCUT2D eigenvalue weighted by molar-refractivity contribution is 7.91. The predicted molar refractivity (Wildman–Crippen MR) is 130 cm³/mol. The summed E-state index contributed by atoms with van der Waals surface area (Å²) < 4.78 is 25.5. The van der Waals surface area contributed by atoms with Gasteiger partial charge in [-0.25, -0.2) is 13.2 Å². The monoisotopic (exact) mass is 477 g/mol. The summed E-state index contributed by atoms with van der Waals surface area (Å²) in [6, 6.07) is 8.40. The minimum Gasteiger partial charge on any atom is -0.383 e. The van der Waals surface area contributed by atoms with Crippen molar-refractivity contribution in [1.29, 1.82) is 0 Å². The summed E-state index contributed by atoms with van der Waals surface area (Å²) in [5.74, 6) is -0.415. The van der Waals surface area contributed by atoms with Crippen LogP contribution in [0.2, 0.25) is 0 Å². The summed E-state index contributed by atoms with van der Waals surface area (Å²) in [4.78, 5) is 43.7. The Balaban J connectivity index is 1.96. The molecule has 0 saturated carbocycles. The zero-order chi connectivity index (χ0) is 24.2. The van der Waals surface area contributed by atoms with Crippen molar-refractivity contribution in [2.45, 2.75) is 45.7 Å². The molecule has 1 aromatic carbocycles. The Bertz CT molecular complexity index is 1210. The van der Waals surface area contributed by atoms with E-state index in [1.54, 1.807) is 31.2 Å². The zero-order valence-corrected chi connectivity index (χ0v) is 19.8. The van der Waals surface area contributed by atoms with Gasteiger partial charge in [-0.2, -0.15) is 0 Å². The van der Waals surface area contributed by atoms with Crippen molar-refractivity contribution in [1.82, 2.24) is 9.55 Å². The van der Waals surface area contributed by atoms with Crippen LogP contribution in [0, 0.1) is 0 Å². The van der Waals surface area contributed by atoms with Crippen LogP contribution in [0.3, 0.4) is 0 Å². The van der Waals surface area contributed by atoms with Gasteiger partial charge in [0.2, 0.25) is 5.91 Å². The average molecular weight is 478 g/mol. The van der Waals surface area contributed by atoms with Crippen molar-refractivity contribution >= 4 is 32.9 Å². The number of hydrogen-bond acceptors (Lipinski definition) is 7. The number of benzene rings is 1. The maximum Gasteiger partial charge on any atom is 0.330 e. The van der Waals surface area contributed by atoms with E-state index in [9.17, 15) is 22.8 Å². The molecule has 11 heteroatoms. The van der Waals surface area contributed by atoms with E-state index in [1.807, 2.05) is 13.0 Å². The molecule has 33 heavy (non-hydrogen) atoms. The number of sulfone groups is 1. The van der Waals surface area contributed by atoms with E-state index >= 15 is 0 Å². The summed E-state index contributed by atoms with van der Waals surface area (Å²) >= 11 is 0. The van der Waals surface area contributed by atoms with Gasteiger partial charge >= 0.3 is 5.69 Å². The van der Waals surface area contributed by atoms with E-state index in [0.29, 0.717) is 25.1 Å². The Kier molecular flexibility index (Phi) is 7.62. The average Bonchev–Trinajstić information content (AvgIpc) is 3.12. The largest absolute Gasteiger partial charge is 0.383 e. The molecule has 0 spiro atoms. The molecular formula is C22H31N5O5S. The Morgan fingerprint density at radius 2 is 1.91 bits per heavy atom. The highest BCUT2D eigenvalue weighted by Gasteiger charge is 2.36. The lowest BCUT2D eigenvalue weighted by Crippen LogP contribution is -2.48. The maximum absolute atomic E-state index is 13.5.